The molecule has 1 aromatic carbocycles. The number of rotatable bonds is 5. The first-order valence-electron chi connectivity index (χ1n) is 7.91. The minimum Gasteiger partial charge on any atom is -0.497 e. The fourth-order valence-electron chi connectivity index (χ4n) is 3.05. The summed E-state index contributed by atoms with van der Waals surface area (Å²) in [6.45, 7) is 4.20. The number of thioether (sulfide) groups is 1. The number of aliphatic imine (C=N–C) groups is 1. The lowest BCUT2D eigenvalue weighted by Gasteiger charge is -2.22. The van der Waals surface area contributed by atoms with Gasteiger partial charge in [0.15, 0.2) is 15.0 Å². The van der Waals surface area contributed by atoms with Crippen LogP contribution in [0.3, 0.4) is 0 Å². The number of amidine groups is 1. The third-order valence-electron chi connectivity index (χ3n) is 4.24. The zero-order valence-electron chi connectivity index (χ0n) is 13.9. The van der Waals surface area contributed by atoms with Gasteiger partial charge in [-0.15, -0.1) is 6.58 Å². The average Bonchev–Trinajstić information content (AvgIpc) is 3.01. The second kappa shape index (κ2) is 7.21. The molecule has 2 aliphatic rings. The number of fused-ring (bicyclic) bond motifs is 1. The fraction of sp³-hybridized carbons (Fsp3) is 0.412. The maximum absolute atomic E-state index is 12.3. The molecule has 0 aromatic heterocycles. The summed E-state index contributed by atoms with van der Waals surface area (Å²) in [5, 5.41) is 0.542. The van der Waals surface area contributed by atoms with Crippen LogP contribution in [0, 0.1) is 0 Å². The van der Waals surface area contributed by atoms with Crippen LogP contribution in [0.15, 0.2) is 41.9 Å². The maximum Gasteiger partial charge on any atom is 0.252 e. The quantitative estimate of drug-likeness (QED) is 0.721. The molecule has 0 N–H and O–H groups in total. The summed E-state index contributed by atoms with van der Waals surface area (Å²) in [4.78, 5) is 18.4. The molecule has 0 saturated carbocycles. The van der Waals surface area contributed by atoms with Crippen molar-refractivity contribution in [1.29, 1.82) is 0 Å². The Balaban J connectivity index is 1.73. The van der Waals surface area contributed by atoms with E-state index in [1.165, 1.54) is 11.8 Å². The van der Waals surface area contributed by atoms with Crippen LogP contribution in [0.5, 0.6) is 5.75 Å². The van der Waals surface area contributed by atoms with Gasteiger partial charge in [0.25, 0.3) is 5.91 Å². The van der Waals surface area contributed by atoms with Gasteiger partial charge in [0.05, 0.1) is 31.1 Å². The van der Waals surface area contributed by atoms with Crippen molar-refractivity contribution in [1.82, 2.24) is 4.90 Å². The molecule has 2 heterocycles. The Kier molecular flexibility index (Phi) is 5.19. The molecule has 0 spiro atoms. The number of hydrogen-bond acceptors (Lipinski definition) is 5. The van der Waals surface area contributed by atoms with Crippen molar-refractivity contribution in [3.8, 4) is 5.75 Å². The highest BCUT2D eigenvalue weighted by Crippen LogP contribution is 2.38. The van der Waals surface area contributed by atoms with Gasteiger partial charge in [-0.25, -0.2) is 8.42 Å². The minimum absolute atomic E-state index is 0.0579. The molecule has 2 saturated heterocycles. The van der Waals surface area contributed by atoms with Gasteiger partial charge < -0.3 is 9.64 Å². The highest BCUT2D eigenvalue weighted by Gasteiger charge is 2.48. The number of amides is 1. The molecular weight excluding hydrogens is 360 g/mol. The minimum atomic E-state index is -3.01. The van der Waals surface area contributed by atoms with Crippen molar-refractivity contribution in [2.75, 3.05) is 25.2 Å². The third kappa shape index (κ3) is 4.07. The Hall–Kier alpha value is -1.80. The van der Waals surface area contributed by atoms with E-state index in [2.05, 4.69) is 11.6 Å². The zero-order valence-corrected chi connectivity index (χ0v) is 15.6. The predicted octanol–water partition coefficient (Wildman–Crippen LogP) is 1.52. The SMILES string of the molecule is C=CCN1C(=NC(=O)Cc2ccc(OC)cc2)S[C@H]2CS(=O)(=O)C[C@H]21. The van der Waals surface area contributed by atoms with E-state index in [-0.39, 0.29) is 35.1 Å². The first-order valence-corrected chi connectivity index (χ1v) is 10.6. The lowest BCUT2D eigenvalue weighted by molar-refractivity contribution is -0.117. The van der Waals surface area contributed by atoms with Crippen molar-refractivity contribution in [3.05, 3.63) is 42.5 Å². The van der Waals surface area contributed by atoms with E-state index in [4.69, 9.17) is 4.74 Å². The van der Waals surface area contributed by atoms with E-state index >= 15 is 0 Å². The molecular formula is C17H20N2O4S2. The van der Waals surface area contributed by atoms with Crippen molar-refractivity contribution in [2.24, 2.45) is 4.99 Å². The van der Waals surface area contributed by atoms with Gasteiger partial charge in [0.2, 0.25) is 0 Å². The van der Waals surface area contributed by atoms with E-state index in [1.54, 1.807) is 25.3 Å². The van der Waals surface area contributed by atoms with Crippen molar-refractivity contribution < 1.29 is 17.9 Å². The standard InChI is InChI=1S/C17H20N2O4S2/c1-3-8-19-14-10-25(21,22)11-15(14)24-17(19)18-16(20)9-12-4-6-13(23-2)7-5-12/h3-7,14-15H,1,8-11H2,2H3/t14-,15+/m1/s1. The second-order valence-corrected chi connectivity index (χ2v) is 9.41. The van der Waals surface area contributed by atoms with Crippen molar-refractivity contribution >= 4 is 32.7 Å². The van der Waals surface area contributed by atoms with E-state index in [1.807, 2.05) is 17.0 Å². The summed E-state index contributed by atoms with van der Waals surface area (Å²) < 4.78 is 28.8. The normalized spacial score (nSPS) is 25.8. The number of hydrogen-bond donors (Lipinski definition) is 0. The number of carbonyl (C=O) groups is 1. The number of carbonyl (C=O) groups excluding carboxylic acids is 1. The highest BCUT2D eigenvalue weighted by atomic mass is 32.2. The lowest BCUT2D eigenvalue weighted by atomic mass is 10.1. The molecule has 0 bridgehead atoms. The summed E-state index contributed by atoms with van der Waals surface area (Å²) in [5.74, 6) is 0.746. The molecule has 134 valence electrons. The molecule has 2 fully saturated rings. The summed E-state index contributed by atoms with van der Waals surface area (Å²) in [7, 11) is -1.42. The van der Waals surface area contributed by atoms with Gasteiger partial charge in [0, 0.05) is 11.8 Å². The molecule has 0 radical (unpaired) electrons. The van der Waals surface area contributed by atoms with Crippen LogP contribution in [0.1, 0.15) is 5.56 Å². The Morgan fingerprint density at radius 2 is 2.12 bits per heavy atom. The molecule has 1 amide bonds. The van der Waals surface area contributed by atoms with Gasteiger partial charge in [0.1, 0.15) is 5.75 Å². The molecule has 6 nitrogen and oxygen atoms in total. The van der Waals surface area contributed by atoms with Gasteiger partial charge in [-0.05, 0) is 17.7 Å². The van der Waals surface area contributed by atoms with Crippen molar-refractivity contribution in [3.63, 3.8) is 0 Å². The largest absolute Gasteiger partial charge is 0.497 e. The van der Waals surface area contributed by atoms with Crippen LogP contribution in [-0.2, 0) is 21.1 Å². The van der Waals surface area contributed by atoms with E-state index in [0.717, 1.165) is 11.3 Å². The van der Waals surface area contributed by atoms with Crippen molar-refractivity contribution in [2.45, 2.75) is 17.7 Å². The molecule has 25 heavy (non-hydrogen) atoms. The Bertz CT molecular complexity index is 802. The number of methoxy groups -OCH3 is 1. The fourth-order valence-corrected chi connectivity index (χ4v) is 7.03. The smallest absolute Gasteiger partial charge is 0.252 e. The summed E-state index contributed by atoms with van der Waals surface area (Å²) in [5.41, 5.74) is 0.858. The molecule has 1 aromatic rings. The van der Waals surface area contributed by atoms with E-state index in [0.29, 0.717) is 11.7 Å². The second-order valence-electron chi connectivity index (χ2n) is 6.05. The molecule has 0 aliphatic carbocycles. The lowest BCUT2D eigenvalue weighted by Crippen LogP contribution is -2.37. The van der Waals surface area contributed by atoms with Gasteiger partial charge >= 0.3 is 0 Å². The molecule has 8 heteroatoms. The number of nitrogens with zero attached hydrogens (tertiary/aromatic N) is 2. The average molecular weight is 380 g/mol. The van der Waals surface area contributed by atoms with Crippen LogP contribution < -0.4 is 4.74 Å². The van der Waals surface area contributed by atoms with Gasteiger partial charge in [-0.2, -0.15) is 4.99 Å². The van der Waals surface area contributed by atoms with Crippen LogP contribution in [0.2, 0.25) is 0 Å². The first-order chi connectivity index (χ1) is 11.9. The summed E-state index contributed by atoms with van der Waals surface area (Å²) in [6.07, 6.45) is 1.90. The molecule has 0 unspecified atom stereocenters. The van der Waals surface area contributed by atoms with Crippen LogP contribution >= 0.6 is 11.8 Å². The molecule has 2 aliphatic heterocycles. The predicted molar refractivity (Wildman–Crippen MR) is 99.9 cm³/mol. The Morgan fingerprint density at radius 1 is 1.40 bits per heavy atom. The van der Waals surface area contributed by atoms with Crippen LogP contribution in [0.25, 0.3) is 0 Å². The Morgan fingerprint density at radius 3 is 2.76 bits per heavy atom. The van der Waals surface area contributed by atoms with Crippen LogP contribution in [-0.4, -0.2) is 60.8 Å². The first kappa shape index (κ1) is 18.0. The number of sulfone groups is 1. The summed E-state index contributed by atoms with van der Waals surface area (Å²) >= 11 is 1.38. The number of benzene rings is 1. The number of ether oxygens (including phenoxy) is 1. The summed E-state index contributed by atoms with van der Waals surface area (Å²) in [6, 6.07) is 7.16. The maximum atomic E-state index is 12.3. The van der Waals surface area contributed by atoms with E-state index in [9.17, 15) is 13.2 Å². The zero-order chi connectivity index (χ0) is 18.0. The van der Waals surface area contributed by atoms with E-state index < -0.39 is 9.84 Å². The van der Waals surface area contributed by atoms with Gasteiger partial charge in [-0.3, -0.25) is 4.79 Å². The highest BCUT2D eigenvalue weighted by molar-refractivity contribution is 8.15. The Labute approximate surface area is 151 Å². The topological polar surface area (TPSA) is 76.0 Å². The third-order valence-corrected chi connectivity index (χ3v) is 7.48. The molecule has 2 atom stereocenters. The molecule has 3 rings (SSSR count). The monoisotopic (exact) mass is 380 g/mol. The van der Waals surface area contributed by atoms with Gasteiger partial charge in [-0.1, -0.05) is 30.0 Å². The van der Waals surface area contributed by atoms with Crippen LogP contribution in [0.4, 0.5) is 0 Å².